The highest BCUT2D eigenvalue weighted by molar-refractivity contribution is 7.89. The predicted octanol–water partition coefficient (Wildman–Crippen LogP) is -0.995. The number of carbonyl (C=O) groups is 1. The number of nitrogens with one attached hydrogen (secondary N) is 2. The van der Waals surface area contributed by atoms with Crippen LogP contribution in [0.1, 0.15) is 10.5 Å². The van der Waals surface area contributed by atoms with Gasteiger partial charge in [-0.25, -0.2) is 12.7 Å². The predicted molar refractivity (Wildman–Crippen MR) is 73.4 cm³/mol. The van der Waals surface area contributed by atoms with Crippen LogP contribution in [0.2, 0.25) is 0 Å². The molecule has 0 atom stereocenters. The largest absolute Gasteiger partial charge is 0.491 e. The molecule has 0 aliphatic carbocycles. The zero-order chi connectivity index (χ0) is 15.3. The van der Waals surface area contributed by atoms with Gasteiger partial charge in [0.15, 0.2) is 5.75 Å². The number of ether oxygens (including phenoxy) is 1. The summed E-state index contributed by atoms with van der Waals surface area (Å²) in [4.78, 5) is 25.8. The minimum absolute atomic E-state index is 0.0399. The lowest BCUT2D eigenvalue weighted by molar-refractivity contribution is 0.0951. The Morgan fingerprint density at radius 2 is 2.10 bits per heavy atom. The minimum Gasteiger partial charge on any atom is -0.491 e. The van der Waals surface area contributed by atoms with E-state index in [0.717, 1.165) is 10.4 Å². The molecule has 0 saturated carbocycles. The average molecular weight is 303 g/mol. The molecule has 20 heavy (non-hydrogen) atoms. The van der Waals surface area contributed by atoms with Gasteiger partial charge >= 0.3 is 0 Å². The van der Waals surface area contributed by atoms with Crippen LogP contribution in [0, 0.1) is 0 Å². The molecule has 0 saturated heterocycles. The van der Waals surface area contributed by atoms with Gasteiger partial charge in [-0.3, -0.25) is 9.59 Å². The van der Waals surface area contributed by atoms with Gasteiger partial charge in [0.1, 0.15) is 5.69 Å². The second-order valence-electron chi connectivity index (χ2n) is 4.13. The summed E-state index contributed by atoms with van der Waals surface area (Å²) < 4.78 is 28.8. The smallest absolute Gasteiger partial charge is 0.267 e. The van der Waals surface area contributed by atoms with Crippen LogP contribution in [-0.2, 0) is 10.0 Å². The molecule has 0 aliphatic rings. The number of H-pyrrole nitrogens is 1. The van der Waals surface area contributed by atoms with Crippen molar-refractivity contribution in [3.8, 4) is 5.75 Å². The van der Waals surface area contributed by atoms with Gasteiger partial charge in [0.05, 0.1) is 12.9 Å². The van der Waals surface area contributed by atoms with Gasteiger partial charge in [-0.1, -0.05) is 0 Å². The Morgan fingerprint density at radius 3 is 2.60 bits per heavy atom. The van der Waals surface area contributed by atoms with E-state index < -0.39 is 21.4 Å². The Kier molecular flexibility index (Phi) is 5.28. The molecule has 0 unspecified atom stereocenters. The summed E-state index contributed by atoms with van der Waals surface area (Å²) in [6.07, 6.45) is 1.27. The Balaban J connectivity index is 2.65. The molecule has 1 rings (SSSR count). The van der Waals surface area contributed by atoms with Gasteiger partial charge in [0, 0.05) is 32.9 Å². The van der Waals surface area contributed by atoms with Gasteiger partial charge in [-0.2, -0.15) is 0 Å². The summed E-state index contributed by atoms with van der Waals surface area (Å²) in [6.45, 7) is -0.0482. The van der Waals surface area contributed by atoms with E-state index in [0.29, 0.717) is 0 Å². The van der Waals surface area contributed by atoms with Crippen molar-refractivity contribution in [3.05, 3.63) is 28.2 Å². The fraction of sp³-hybridized carbons (Fsp3) is 0.455. The van der Waals surface area contributed by atoms with E-state index in [-0.39, 0.29) is 23.7 Å². The van der Waals surface area contributed by atoms with E-state index in [4.69, 9.17) is 4.74 Å². The second kappa shape index (κ2) is 6.53. The first-order chi connectivity index (χ1) is 9.27. The molecule has 0 aliphatic heterocycles. The van der Waals surface area contributed by atoms with Crippen molar-refractivity contribution in [3.63, 3.8) is 0 Å². The Morgan fingerprint density at radius 1 is 1.45 bits per heavy atom. The van der Waals surface area contributed by atoms with Crippen LogP contribution in [0.3, 0.4) is 0 Å². The molecule has 1 aromatic rings. The third kappa shape index (κ3) is 4.07. The van der Waals surface area contributed by atoms with E-state index in [2.05, 4.69) is 10.3 Å². The molecule has 1 heterocycles. The van der Waals surface area contributed by atoms with Crippen LogP contribution in [0.4, 0.5) is 0 Å². The van der Waals surface area contributed by atoms with E-state index in [1.54, 1.807) is 0 Å². The molecule has 0 bridgehead atoms. The number of sulfonamides is 1. The quantitative estimate of drug-likeness (QED) is 0.701. The highest BCUT2D eigenvalue weighted by Gasteiger charge is 2.14. The average Bonchev–Trinajstić information content (AvgIpc) is 2.38. The number of methoxy groups -OCH3 is 1. The third-order valence-electron chi connectivity index (χ3n) is 2.54. The Labute approximate surface area is 116 Å². The number of hydrogen-bond donors (Lipinski definition) is 2. The summed E-state index contributed by atoms with van der Waals surface area (Å²) in [6, 6.07) is 1.09. The normalized spacial score (nSPS) is 11.4. The first-order valence-corrected chi connectivity index (χ1v) is 7.34. The van der Waals surface area contributed by atoms with Crippen LogP contribution < -0.4 is 15.5 Å². The standard InChI is InChI=1S/C11H17N3O5S/c1-14(2)20(17,18)5-4-12-11(16)8-6-9(15)10(19-3)7-13-8/h6-7H,4-5H2,1-3H3,(H,12,16)(H,13,15). The second-order valence-corrected chi connectivity index (χ2v) is 6.44. The molecule has 112 valence electrons. The fourth-order valence-corrected chi connectivity index (χ4v) is 2.05. The number of amides is 1. The number of hydrogen-bond acceptors (Lipinski definition) is 5. The summed E-state index contributed by atoms with van der Waals surface area (Å²) in [5.74, 6) is -0.679. The highest BCUT2D eigenvalue weighted by Crippen LogP contribution is 2.00. The zero-order valence-electron chi connectivity index (χ0n) is 11.5. The van der Waals surface area contributed by atoms with Crippen molar-refractivity contribution in [1.29, 1.82) is 0 Å². The first-order valence-electron chi connectivity index (χ1n) is 5.73. The van der Waals surface area contributed by atoms with Crippen molar-refractivity contribution in [1.82, 2.24) is 14.6 Å². The minimum atomic E-state index is -3.37. The van der Waals surface area contributed by atoms with Crippen LogP contribution in [0.5, 0.6) is 5.75 Å². The molecule has 0 spiro atoms. The van der Waals surface area contributed by atoms with Crippen LogP contribution in [0.15, 0.2) is 17.1 Å². The van der Waals surface area contributed by atoms with Crippen molar-refractivity contribution in [2.75, 3.05) is 33.5 Å². The molecule has 8 nitrogen and oxygen atoms in total. The summed E-state index contributed by atoms with van der Waals surface area (Å²) in [5.41, 5.74) is -0.393. The molecule has 1 aromatic heterocycles. The summed E-state index contributed by atoms with van der Waals surface area (Å²) in [5, 5.41) is 2.42. The van der Waals surface area contributed by atoms with Crippen molar-refractivity contribution in [2.24, 2.45) is 0 Å². The highest BCUT2D eigenvalue weighted by atomic mass is 32.2. The molecule has 0 aromatic carbocycles. The summed E-state index contributed by atoms with van der Waals surface area (Å²) >= 11 is 0. The monoisotopic (exact) mass is 303 g/mol. The maximum absolute atomic E-state index is 11.7. The summed E-state index contributed by atoms with van der Waals surface area (Å²) in [7, 11) is 0.805. The lowest BCUT2D eigenvalue weighted by Crippen LogP contribution is -2.34. The number of rotatable bonds is 6. The van der Waals surface area contributed by atoms with Crippen molar-refractivity contribution in [2.45, 2.75) is 0 Å². The SMILES string of the molecule is COc1c[nH]c(C(=O)NCCS(=O)(=O)N(C)C)cc1=O. The van der Waals surface area contributed by atoms with Gasteiger partial charge in [-0.05, 0) is 0 Å². The van der Waals surface area contributed by atoms with Crippen molar-refractivity contribution < 1.29 is 17.9 Å². The zero-order valence-corrected chi connectivity index (χ0v) is 12.3. The van der Waals surface area contributed by atoms with Gasteiger partial charge in [0.25, 0.3) is 5.91 Å². The topological polar surface area (TPSA) is 109 Å². The molecule has 0 fully saturated rings. The first kappa shape index (κ1) is 16.2. The lowest BCUT2D eigenvalue weighted by Gasteiger charge is -2.11. The number of nitrogens with zero attached hydrogens (tertiary/aromatic N) is 1. The number of carbonyl (C=O) groups excluding carboxylic acids is 1. The lowest BCUT2D eigenvalue weighted by atomic mass is 10.3. The number of aromatic nitrogens is 1. The van der Waals surface area contributed by atoms with E-state index in [9.17, 15) is 18.0 Å². The molecular formula is C11H17N3O5S. The molecule has 9 heteroatoms. The number of pyridine rings is 1. The molecule has 0 radical (unpaired) electrons. The van der Waals surface area contributed by atoms with Crippen LogP contribution in [0.25, 0.3) is 0 Å². The Hall–Kier alpha value is -1.87. The van der Waals surface area contributed by atoms with E-state index >= 15 is 0 Å². The Bertz CT molecular complexity index is 636. The maximum Gasteiger partial charge on any atom is 0.267 e. The maximum atomic E-state index is 11.7. The van der Waals surface area contributed by atoms with Crippen LogP contribution >= 0.6 is 0 Å². The van der Waals surface area contributed by atoms with E-state index in [1.165, 1.54) is 27.4 Å². The van der Waals surface area contributed by atoms with Gasteiger partial charge in [0.2, 0.25) is 15.5 Å². The fourth-order valence-electron chi connectivity index (χ4n) is 1.32. The van der Waals surface area contributed by atoms with Crippen molar-refractivity contribution >= 4 is 15.9 Å². The molecular weight excluding hydrogens is 286 g/mol. The molecule has 2 N–H and O–H groups in total. The van der Waals surface area contributed by atoms with E-state index in [1.807, 2.05) is 0 Å². The third-order valence-corrected chi connectivity index (χ3v) is 4.38. The van der Waals surface area contributed by atoms with Gasteiger partial charge < -0.3 is 15.0 Å². The van der Waals surface area contributed by atoms with Gasteiger partial charge in [-0.15, -0.1) is 0 Å². The number of aromatic amines is 1. The molecule has 1 amide bonds. The van der Waals surface area contributed by atoms with Crippen LogP contribution in [-0.4, -0.2) is 57.1 Å².